The maximum atomic E-state index is 5.70. The zero-order chi connectivity index (χ0) is 12.4. The Kier molecular flexibility index (Phi) is 9.31. The van der Waals surface area contributed by atoms with Crippen molar-refractivity contribution in [3.63, 3.8) is 0 Å². The van der Waals surface area contributed by atoms with Gasteiger partial charge < -0.3 is 15.2 Å². The first-order valence-electron chi connectivity index (χ1n) is 5.80. The fraction of sp³-hybridized carbons (Fsp3) is 0.909. The van der Waals surface area contributed by atoms with Crippen LogP contribution in [-0.2, 0) is 9.47 Å². The molecule has 0 amide bonds. The van der Waals surface area contributed by atoms with Gasteiger partial charge in [0, 0.05) is 6.92 Å². The van der Waals surface area contributed by atoms with E-state index in [-0.39, 0.29) is 0 Å². The minimum atomic E-state index is -0.726. The molecule has 0 atom stereocenters. The molecule has 0 bridgehead atoms. The van der Waals surface area contributed by atoms with Crippen LogP contribution in [0.1, 0.15) is 46.5 Å². The van der Waals surface area contributed by atoms with E-state index in [1.165, 1.54) is 11.8 Å². The third-order valence-corrected chi connectivity index (χ3v) is 3.07. The van der Waals surface area contributed by atoms with Crippen LogP contribution >= 0.6 is 24.0 Å². The number of rotatable bonds is 9. The summed E-state index contributed by atoms with van der Waals surface area (Å²) in [6.07, 6.45) is 4.24. The molecular weight excluding hydrogens is 242 g/mol. The van der Waals surface area contributed by atoms with E-state index in [4.69, 9.17) is 27.4 Å². The summed E-state index contributed by atoms with van der Waals surface area (Å²) in [4.78, 5) is 0. The van der Waals surface area contributed by atoms with Gasteiger partial charge in [-0.1, -0.05) is 38.9 Å². The highest BCUT2D eigenvalue weighted by Crippen LogP contribution is 2.28. The van der Waals surface area contributed by atoms with Crippen LogP contribution in [0.15, 0.2) is 0 Å². The van der Waals surface area contributed by atoms with Crippen LogP contribution in [0.4, 0.5) is 0 Å². The van der Waals surface area contributed by atoms with Gasteiger partial charge in [0.25, 0.3) is 0 Å². The Bertz CT molecular complexity index is 190. The van der Waals surface area contributed by atoms with Gasteiger partial charge in [0.2, 0.25) is 5.12 Å². The molecule has 0 spiro atoms. The topological polar surface area (TPSA) is 44.5 Å². The quantitative estimate of drug-likeness (QED) is 0.394. The standard InChI is InChI=1S/C11H23NO2S2/c1-4-6-8-13-11(3,16-10(12)15)14-9-7-5-2/h4-9H2,1-3H3,(H2,12,15). The molecule has 0 saturated carbocycles. The normalized spacial score (nSPS) is 11.7. The summed E-state index contributed by atoms with van der Waals surface area (Å²) in [6, 6.07) is 0. The highest BCUT2D eigenvalue weighted by Gasteiger charge is 2.27. The smallest absolute Gasteiger partial charge is 0.221 e. The van der Waals surface area contributed by atoms with Gasteiger partial charge in [-0.3, -0.25) is 0 Å². The van der Waals surface area contributed by atoms with Crippen LogP contribution in [0.5, 0.6) is 0 Å². The molecule has 0 rings (SSSR count). The van der Waals surface area contributed by atoms with E-state index < -0.39 is 5.12 Å². The maximum absolute atomic E-state index is 5.70. The second kappa shape index (κ2) is 9.22. The van der Waals surface area contributed by atoms with E-state index in [9.17, 15) is 0 Å². The number of hydrogen-bond acceptors (Lipinski definition) is 4. The lowest BCUT2D eigenvalue weighted by atomic mass is 10.3. The minimum Gasteiger partial charge on any atom is -0.384 e. The molecule has 0 heterocycles. The molecule has 0 aromatic carbocycles. The summed E-state index contributed by atoms with van der Waals surface area (Å²) in [5.74, 6) is 0. The predicted molar refractivity (Wildman–Crippen MR) is 74.5 cm³/mol. The summed E-state index contributed by atoms with van der Waals surface area (Å²) >= 11 is 6.15. The lowest BCUT2D eigenvalue weighted by molar-refractivity contribution is -0.159. The molecule has 0 radical (unpaired) electrons. The molecule has 0 aromatic rings. The summed E-state index contributed by atoms with van der Waals surface area (Å²) in [5, 5.41) is -0.726. The summed E-state index contributed by atoms with van der Waals surface area (Å²) in [6.45, 7) is 7.48. The van der Waals surface area contributed by atoms with Gasteiger partial charge in [-0.25, -0.2) is 0 Å². The highest BCUT2D eigenvalue weighted by molar-refractivity contribution is 8.23. The summed E-state index contributed by atoms with van der Waals surface area (Å²) < 4.78 is 11.8. The van der Waals surface area contributed by atoms with E-state index in [1.807, 2.05) is 6.92 Å². The summed E-state index contributed by atoms with van der Waals surface area (Å²) in [7, 11) is 0. The number of ether oxygens (including phenoxy) is 2. The zero-order valence-electron chi connectivity index (χ0n) is 10.5. The minimum absolute atomic E-state index is 0.357. The third kappa shape index (κ3) is 8.33. The lowest BCUT2D eigenvalue weighted by Crippen LogP contribution is -2.32. The first-order chi connectivity index (χ1) is 7.54. The van der Waals surface area contributed by atoms with E-state index in [1.54, 1.807) is 0 Å². The molecule has 96 valence electrons. The van der Waals surface area contributed by atoms with Crippen LogP contribution < -0.4 is 5.73 Å². The molecule has 0 aliphatic carbocycles. The molecule has 0 saturated heterocycles. The molecule has 0 aromatic heterocycles. The first kappa shape index (κ1) is 16.2. The van der Waals surface area contributed by atoms with Crippen LogP contribution in [0.3, 0.4) is 0 Å². The van der Waals surface area contributed by atoms with Crippen molar-refractivity contribution < 1.29 is 9.47 Å². The van der Waals surface area contributed by atoms with Crippen molar-refractivity contribution in [2.45, 2.75) is 51.6 Å². The van der Waals surface area contributed by atoms with Crippen molar-refractivity contribution in [1.29, 1.82) is 0 Å². The van der Waals surface area contributed by atoms with E-state index in [0.717, 1.165) is 25.7 Å². The lowest BCUT2D eigenvalue weighted by Gasteiger charge is -2.28. The van der Waals surface area contributed by atoms with Crippen LogP contribution in [-0.4, -0.2) is 22.7 Å². The Morgan fingerprint density at radius 2 is 1.62 bits per heavy atom. The monoisotopic (exact) mass is 265 g/mol. The Hall–Kier alpha value is 0.160. The van der Waals surface area contributed by atoms with Gasteiger partial charge in [-0.05, 0) is 24.6 Å². The Morgan fingerprint density at radius 3 is 1.94 bits per heavy atom. The Morgan fingerprint density at radius 1 is 1.19 bits per heavy atom. The van der Waals surface area contributed by atoms with Crippen molar-refractivity contribution in [3.8, 4) is 0 Å². The largest absolute Gasteiger partial charge is 0.384 e. The molecule has 3 nitrogen and oxygen atoms in total. The zero-order valence-corrected chi connectivity index (χ0v) is 12.1. The molecule has 5 heteroatoms. The number of thiocarbonyl (C=S) groups is 1. The molecule has 16 heavy (non-hydrogen) atoms. The molecule has 2 N–H and O–H groups in total. The second-order valence-corrected chi connectivity index (χ2v) is 5.77. The van der Waals surface area contributed by atoms with E-state index in [2.05, 4.69) is 13.8 Å². The van der Waals surface area contributed by atoms with E-state index >= 15 is 0 Å². The van der Waals surface area contributed by atoms with Crippen molar-refractivity contribution in [2.24, 2.45) is 5.73 Å². The average molecular weight is 265 g/mol. The van der Waals surface area contributed by atoms with Gasteiger partial charge in [0.1, 0.15) is 4.32 Å². The predicted octanol–water partition coefficient (Wildman–Crippen LogP) is 3.27. The van der Waals surface area contributed by atoms with Gasteiger partial charge in [0.15, 0.2) is 0 Å². The average Bonchev–Trinajstić information content (AvgIpc) is 2.17. The SMILES string of the molecule is CCCCOC(C)(OCCCC)SC(N)=S. The summed E-state index contributed by atoms with van der Waals surface area (Å²) in [5.41, 5.74) is 5.52. The van der Waals surface area contributed by atoms with Crippen LogP contribution in [0.2, 0.25) is 0 Å². The molecule has 0 fully saturated rings. The van der Waals surface area contributed by atoms with Crippen molar-refractivity contribution >= 4 is 28.3 Å². The van der Waals surface area contributed by atoms with Crippen molar-refractivity contribution in [2.75, 3.05) is 13.2 Å². The number of unbranched alkanes of at least 4 members (excludes halogenated alkanes) is 2. The number of thioether (sulfide) groups is 1. The highest BCUT2D eigenvalue weighted by atomic mass is 32.2. The van der Waals surface area contributed by atoms with E-state index in [0.29, 0.717) is 17.5 Å². The molecule has 0 aliphatic rings. The number of nitrogens with two attached hydrogens (primary N) is 1. The van der Waals surface area contributed by atoms with Crippen molar-refractivity contribution in [1.82, 2.24) is 0 Å². The van der Waals surface area contributed by atoms with Gasteiger partial charge in [0.05, 0.1) is 13.2 Å². The number of hydrogen-bond donors (Lipinski definition) is 1. The van der Waals surface area contributed by atoms with Gasteiger partial charge >= 0.3 is 0 Å². The van der Waals surface area contributed by atoms with Crippen LogP contribution in [0, 0.1) is 0 Å². The molecule has 0 unspecified atom stereocenters. The van der Waals surface area contributed by atoms with Crippen LogP contribution in [0.25, 0.3) is 0 Å². The molecular formula is C11H23NO2S2. The van der Waals surface area contributed by atoms with Crippen molar-refractivity contribution in [3.05, 3.63) is 0 Å². The van der Waals surface area contributed by atoms with Gasteiger partial charge in [-0.15, -0.1) is 0 Å². The fourth-order valence-corrected chi connectivity index (χ4v) is 2.19. The maximum Gasteiger partial charge on any atom is 0.221 e. The second-order valence-electron chi connectivity index (χ2n) is 3.69. The first-order valence-corrected chi connectivity index (χ1v) is 7.03. The third-order valence-electron chi connectivity index (χ3n) is 2.01. The Labute approximate surface area is 108 Å². The Balaban J connectivity index is 4.07. The fourth-order valence-electron chi connectivity index (χ4n) is 1.09. The molecule has 0 aliphatic heterocycles. The van der Waals surface area contributed by atoms with Gasteiger partial charge in [-0.2, -0.15) is 0 Å².